The lowest BCUT2D eigenvalue weighted by atomic mass is 9.81. The summed E-state index contributed by atoms with van der Waals surface area (Å²) in [5.74, 6) is -0.0694. The number of nitrogens with zero attached hydrogens (tertiary/aromatic N) is 5. The molecule has 0 saturated carbocycles. The van der Waals surface area contributed by atoms with Gasteiger partial charge in [0.2, 0.25) is 11.8 Å². The normalized spacial score (nSPS) is 19.4. The van der Waals surface area contributed by atoms with Crippen molar-refractivity contribution in [3.63, 3.8) is 0 Å². The minimum atomic E-state index is -3.80. The van der Waals surface area contributed by atoms with E-state index in [1.165, 1.54) is 22.1 Å². The molecule has 13 heteroatoms. The summed E-state index contributed by atoms with van der Waals surface area (Å²) in [5, 5.41) is 9.72. The highest BCUT2D eigenvalue weighted by molar-refractivity contribution is 7.89. The molecule has 6 rings (SSSR count). The van der Waals surface area contributed by atoms with Crippen molar-refractivity contribution in [1.82, 2.24) is 29.4 Å². The standard InChI is InChI=1S/C24H27F2N7O3S/c1-32-10-8-24(12-32)13-33(14-24)37(34,35)23-29-22(30-31-23)28-20-17-4-2-3-15(17)5-6-18(20)16-7-9-27-19(11-16)36-21(25)26/h5-7,9,11,21H,2-4,8,10,12-14H2,1H3,(H2,28,29,30,31). The number of alkyl halides is 2. The lowest BCUT2D eigenvalue weighted by Gasteiger charge is -2.46. The van der Waals surface area contributed by atoms with Crippen molar-refractivity contribution >= 4 is 21.7 Å². The van der Waals surface area contributed by atoms with E-state index in [4.69, 9.17) is 0 Å². The van der Waals surface area contributed by atoms with E-state index in [9.17, 15) is 17.2 Å². The van der Waals surface area contributed by atoms with Gasteiger partial charge in [0, 0.05) is 42.9 Å². The van der Waals surface area contributed by atoms with Crippen LogP contribution in [0.2, 0.25) is 0 Å². The maximum Gasteiger partial charge on any atom is 0.388 e. The van der Waals surface area contributed by atoms with Gasteiger partial charge in [0.15, 0.2) is 0 Å². The molecule has 2 saturated heterocycles. The van der Waals surface area contributed by atoms with Crippen LogP contribution in [-0.4, -0.2) is 77.6 Å². The number of hydrogen-bond acceptors (Lipinski definition) is 8. The van der Waals surface area contributed by atoms with Crippen molar-refractivity contribution in [1.29, 1.82) is 0 Å². The van der Waals surface area contributed by atoms with E-state index in [0.29, 0.717) is 24.3 Å². The molecule has 4 heterocycles. The summed E-state index contributed by atoms with van der Waals surface area (Å²) in [6.45, 7) is -0.163. The Morgan fingerprint density at radius 1 is 1.19 bits per heavy atom. The molecule has 2 aromatic heterocycles. The van der Waals surface area contributed by atoms with Crippen LogP contribution in [0, 0.1) is 5.41 Å². The van der Waals surface area contributed by atoms with E-state index in [-0.39, 0.29) is 22.4 Å². The summed E-state index contributed by atoms with van der Waals surface area (Å²) in [6, 6.07) is 7.07. The zero-order chi connectivity index (χ0) is 25.8. The molecule has 0 radical (unpaired) electrons. The monoisotopic (exact) mass is 531 g/mol. The quantitative estimate of drug-likeness (QED) is 0.478. The smallest absolute Gasteiger partial charge is 0.388 e. The third-order valence-electron chi connectivity index (χ3n) is 7.48. The lowest BCUT2D eigenvalue weighted by molar-refractivity contribution is -0.0528. The Morgan fingerprint density at radius 3 is 2.78 bits per heavy atom. The molecule has 1 aliphatic carbocycles. The minimum Gasteiger partial charge on any atom is -0.417 e. The van der Waals surface area contributed by atoms with E-state index in [2.05, 4.69) is 35.1 Å². The van der Waals surface area contributed by atoms with Crippen molar-refractivity contribution in [2.24, 2.45) is 5.41 Å². The highest BCUT2D eigenvalue weighted by atomic mass is 32.2. The van der Waals surface area contributed by atoms with Gasteiger partial charge in [-0.1, -0.05) is 12.1 Å². The van der Waals surface area contributed by atoms with Gasteiger partial charge in [0.25, 0.3) is 15.2 Å². The Hall–Kier alpha value is -3.16. The third kappa shape index (κ3) is 4.44. The Labute approximate surface area is 213 Å². The summed E-state index contributed by atoms with van der Waals surface area (Å²) >= 11 is 0. The molecule has 2 fully saturated rings. The fourth-order valence-corrected chi connectivity index (χ4v) is 7.22. The average molecular weight is 532 g/mol. The zero-order valence-corrected chi connectivity index (χ0v) is 21.1. The van der Waals surface area contributed by atoms with Gasteiger partial charge in [0.05, 0.1) is 5.69 Å². The van der Waals surface area contributed by atoms with E-state index >= 15 is 0 Å². The van der Waals surface area contributed by atoms with Crippen molar-refractivity contribution in [2.45, 2.75) is 37.5 Å². The Balaban J connectivity index is 1.27. The van der Waals surface area contributed by atoms with Crippen LogP contribution < -0.4 is 10.1 Å². The number of aromatic amines is 1. The number of halogens is 2. The Bertz CT molecular complexity index is 1440. The molecule has 0 atom stereocenters. The zero-order valence-electron chi connectivity index (χ0n) is 20.2. The molecular formula is C24H27F2N7O3S. The van der Waals surface area contributed by atoms with Gasteiger partial charge in [0.1, 0.15) is 0 Å². The molecule has 3 aromatic rings. The average Bonchev–Trinajstić information content (AvgIpc) is 3.58. The van der Waals surface area contributed by atoms with Gasteiger partial charge in [-0.05, 0) is 62.0 Å². The van der Waals surface area contributed by atoms with Gasteiger partial charge < -0.3 is 15.0 Å². The number of nitrogens with one attached hydrogen (secondary N) is 2. The van der Waals surface area contributed by atoms with E-state index in [1.807, 2.05) is 19.2 Å². The fraction of sp³-hybridized carbons (Fsp3) is 0.458. The van der Waals surface area contributed by atoms with Crippen molar-refractivity contribution in [3.05, 3.63) is 41.6 Å². The summed E-state index contributed by atoms with van der Waals surface area (Å²) in [7, 11) is -1.75. The number of benzene rings is 1. The van der Waals surface area contributed by atoms with Crippen LogP contribution in [0.4, 0.5) is 20.4 Å². The number of aromatic nitrogens is 4. The van der Waals surface area contributed by atoms with Crippen molar-refractivity contribution < 1.29 is 21.9 Å². The Kier molecular flexibility index (Phi) is 5.88. The summed E-state index contributed by atoms with van der Waals surface area (Å²) in [4.78, 5) is 10.4. The summed E-state index contributed by atoms with van der Waals surface area (Å²) < 4.78 is 57.8. The molecule has 0 unspecified atom stereocenters. The van der Waals surface area contributed by atoms with Gasteiger partial charge in [-0.2, -0.15) is 18.1 Å². The SMILES string of the molecule is CN1CCC2(C1)CN(S(=O)(=O)c1nc(Nc3c(-c4ccnc(OC(F)F)c4)ccc4c3CCC4)n[nH]1)C2. The van der Waals surface area contributed by atoms with Gasteiger partial charge in [-0.3, -0.25) is 0 Å². The second kappa shape index (κ2) is 8.99. The molecule has 0 bridgehead atoms. The molecule has 1 aromatic carbocycles. The topological polar surface area (TPSA) is 116 Å². The number of sulfonamides is 1. The predicted molar refractivity (Wildman–Crippen MR) is 131 cm³/mol. The summed E-state index contributed by atoms with van der Waals surface area (Å²) in [5.41, 5.74) is 4.32. The van der Waals surface area contributed by atoms with Crippen LogP contribution in [0.3, 0.4) is 0 Å². The van der Waals surface area contributed by atoms with Crippen LogP contribution >= 0.6 is 0 Å². The summed E-state index contributed by atoms with van der Waals surface area (Å²) in [6.07, 6.45) is 5.10. The molecule has 2 N–H and O–H groups in total. The molecule has 37 heavy (non-hydrogen) atoms. The van der Waals surface area contributed by atoms with E-state index < -0.39 is 16.6 Å². The second-order valence-electron chi connectivity index (χ2n) is 10.1. The first-order valence-electron chi connectivity index (χ1n) is 12.2. The van der Waals surface area contributed by atoms with Gasteiger partial charge in [-0.25, -0.2) is 18.5 Å². The minimum absolute atomic E-state index is 0.0276. The van der Waals surface area contributed by atoms with Crippen LogP contribution in [0.1, 0.15) is 24.0 Å². The van der Waals surface area contributed by atoms with Crippen molar-refractivity contribution in [3.8, 4) is 17.0 Å². The first kappa shape index (κ1) is 24.2. The maximum atomic E-state index is 13.2. The maximum absolute atomic E-state index is 13.2. The molecule has 1 spiro atoms. The van der Waals surface area contributed by atoms with Crippen LogP contribution in [0.25, 0.3) is 11.1 Å². The number of aryl methyl sites for hydroxylation is 1. The number of fused-ring (bicyclic) bond motifs is 1. The predicted octanol–water partition coefficient (Wildman–Crippen LogP) is 3.03. The molecule has 10 nitrogen and oxygen atoms in total. The molecule has 2 aliphatic heterocycles. The molecule has 3 aliphatic rings. The van der Waals surface area contributed by atoms with Crippen molar-refractivity contribution in [2.75, 3.05) is 38.5 Å². The van der Waals surface area contributed by atoms with Crippen LogP contribution in [0.15, 0.2) is 35.6 Å². The highest BCUT2D eigenvalue weighted by Gasteiger charge is 2.51. The first-order chi connectivity index (χ1) is 17.7. The highest BCUT2D eigenvalue weighted by Crippen LogP contribution is 2.42. The molecule has 0 amide bonds. The second-order valence-corrected chi connectivity index (χ2v) is 11.9. The number of pyridine rings is 1. The number of likely N-dealkylation sites (tertiary alicyclic amines) is 1. The Morgan fingerprint density at radius 2 is 2.03 bits per heavy atom. The lowest BCUT2D eigenvalue weighted by Crippen LogP contribution is -2.59. The number of H-pyrrole nitrogens is 1. The molecular weight excluding hydrogens is 504 g/mol. The molecule has 196 valence electrons. The van der Waals surface area contributed by atoms with Gasteiger partial charge >= 0.3 is 6.61 Å². The van der Waals surface area contributed by atoms with Crippen LogP contribution in [-0.2, 0) is 22.9 Å². The van der Waals surface area contributed by atoms with Crippen LogP contribution in [0.5, 0.6) is 5.88 Å². The van der Waals surface area contributed by atoms with Gasteiger partial charge in [-0.15, -0.1) is 5.10 Å². The van der Waals surface area contributed by atoms with E-state index in [0.717, 1.165) is 49.9 Å². The third-order valence-corrected chi connectivity index (χ3v) is 9.09. The number of hydrogen-bond donors (Lipinski definition) is 2. The largest absolute Gasteiger partial charge is 0.417 e. The number of ether oxygens (including phenoxy) is 1. The first-order valence-corrected chi connectivity index (χ1v) is 13.6. The number of anilines is 2. The number of rotatable bonds is 7. The fourth-order valence-electron chi connectivity index (χ4n) is 5.72. The van der Waals surface area contributed by atoms with E-state index in [1.54, 1.807) is 6.07 Å².